The molecule has 0 aromatic carbocycles. The fourth-order valence-corrected chi connectivity index (χ4v) is 1.83. The maximum absolute atomic E-state index is 5.74. The molecule has 0 amide bonds. The van der Waals surface area contributed by atoms with Gasteiger partial charge in [0.25, 0.3) is 0 Å². The van der Waals surface area contributed by atoms with Crippen molar-refractivity contribution in [1.29, 1.82) is 0 Å². The van der Waals surface area contributed by atoms with E-state index < -0.39 is 0 Å². The molecule has 0 aliphatic heterocycles. The topological polar surface area (TPSA) is 80.2 Å². The number of furan rings is 1. The molecule has 3 N–H and O–H groups in total. The summed E-state index contributed by atoms with van der Waals surface area (Å²) < 4.78 is 5.36. The van der Waals surface area contributed by atoms with E-state index in [1.807, 2.05) is 25.1 Å². The molecule has 0 aliphatic rings. The van der Waals surface area contributed by atoms with Gasteiger partial charge in [0.15, 0.2) is 0 Å². The fraction of sp³-hybridized carbons (Fsp3) is 0.385. The second-order valence-corrected chi connectivity index (χ2v) is 4.09. The Bertz CT molecular complexity index is 512. The van der Waals surface area contributed by atoms with Gasteiger partial charge in [0, 0.05) is 19.2 Å². The van der Waals surface area contributed by atoms with Crippen LogP contribution in [0.3, 0.4) is 0 Å². The first-order chi connectivity index (χ1) is 9.22. The summed E-state index contributed by atoms with van der Waals surface area (Å²) in [6, 6.07) is 5.71. The molecule has 0 bridgehead atoms. The van der Waals surface area contributed by atoms with Crippen molar-refractivity contribution in [2.24, 2.45) is 0 Å². The summed E-state index contributed by atoms with van der Waals surface area (Å²) in [5.41, 5.74) is 5.74. The summed E-state index contributed by atoms with van der Waals surface area (Å²) in [7, 11) is 0. The molecule has 19 heavy (non-hydrogen) atoms. The SMILES string of the molecule is CCNc1cc(N(CC)Cc2ccco2)nc(N)n1. The standard InChI is InChI=1S/C13H19N5O/c1-3-15-11-8-12(17-13(14)16-11)18(4-2)9-10-6-5-7-19-10/h5-8H,3-4,9H2,1-2H3,(H3,14,15,16,17). The van der Waals surface area contributed by atoms with Gasteiger partial charge < -0.3 is 20.4 Å². The number of aromatic nitrogens is 2. The Hall–Kier alpha value is -2.24. The second kappa shape index (κ2) is 6.08. The molecule has 102 valence electrons. The molecule has 0 spiro atoms. The molecule has 0 atom stereocenters. The molecular weight excluding hydrogens is 242 g/mol. The zero-order valence-corrected chi connectivity index (χ0v) is 11.3. The van der Waals surface area contributed by atoms with Crippen molar-refractivity contribution in [2.75, 3.05) is 29.0 Å². The minimum atomic E-state index is 0.270. The fourth-order valence-electron chi connectivity index (χ4n) is 1.83. The first kappa shape index (κ1) is 13.2. The number of nitrogens with one attached hydrogen (secondary N) is 1. The zero-order valence-electron chi connectivity index (χ0n) is 11.3. The quantitative estimate of drug-likeness (QED) is 0.829. The van der Waals surface area contributed by atoms with Crippen molar-refractivity contribution in [3.63, 3.8) is 0 Å². The highest BCUT2D eigenvalue weighted by Crippen LogP contribution is 2.19. The Kier molecular flexibility index (Phi) is 4.22. The minimum Gasteiger partial charge on any atom is -0.467 e. The predicted molar refractivity (Wildman–Crippen MR) is 76.0 cm³/mol. The van der Waals surface area contributed by atoms with Gasteiger partial charge >= 0.3 is 0 Å². The number of nitrogen functional groups attached to an aromatic ring is 1. The van der Waals surface area contributed by atoms with Crippen molar-refractivity contribution in [3.8, 4) is 0 Å². The van der Waals surface area contributed by atoms with E-state index >= 15 is 0 Å². The van der Waals surface area contributed by atoms with E-state index in [9.17, 15) is 0 Å². The first-order valence-electron chi connectivity index (χ1n) is 6.38. The summed E-state index contributed by atoms with van der Waals surface area (Å²) in [6.07, 6.45) is 1.67. The van der Waals surface area contributed by atoms with Crippen molar-refractivity contribution < 1.29 is 4.42 Å². The van der Waals surface area contributed by atoms with Crippen molar-refractivity contribution in [3.05, 3.63) is 30.2 Å². The number of hydrogen-bond donors (Lipinski definition) is 2. The molecule has 0 unspecified atom stereocenters. The van der Waals surface area contributed by atoms with E-state index in [1.54, 1.807) is 6.26 Å². The van der Waals surface area contributed by atoms with Crippen LogP contribution >= 0.6 is 0 Å². The van der Waals surface area contributed by atoms with Crippen LogP contribution in [0, 0.1) is 0 Å². The van der Waals surface area contributed by atoms with Crippen LogP contribution in [0.25, 0.3) is 0 Å². The van der Waals surface area contributed by atoms with E-state index in [4.69, 9.17) is 10.2 Å². The van der Waals surface area contributed by atoms with Crippen molar-refractivity contribution >= 4 is 17.6 Å². The van der Waals surface area contributed by atoms with Crippen LogP contribution in [-0.4, -0.2) is 23.1 Å². The summed E-state index contributed by atoms with van der Waals surface area (Å²) in [4.78, 5) is 10.5. The number of hydrogen-bond acceptors (Lipinski definition) is 6. The maximum atomic E-state index is 5.74. The van der Waals surface area contributed by atoms with Gasteiger partial charge in [0.1, 0.15) is 17.4 Å². The molecule has 2 heterocycles. The average molecular weight is 261 g/mol. The molecule has 0 saturated heterocycles. The van der Waals surface area contributed by atoms with Crippen LogP contribution < -0.4 is 16.0 Å². The molecule has 6 nitrogen and oxygen atoms in total. The van der Waals surface area contributed by atoms with Gasteiger partial charge in [-0.3, -0.25) is 0 Å². The highest BCUT2D eigenvalue weighted by atomic mass is 16.3. The summed E-state index contributed by atoms with van der Waals surface area (Å²) in [5.74, 6) is 2.70. The highest BCUT2D eigenvalue weighted by Gasteiger charge is 2.11. The maximum Gasteiger partial charge on any atom is 0.223 e. The van der Waals surface area contributed by atoms with Crippen LogP contribution in [0.5, 0.6) is 0 Å². The van der Waals surface area contributed by atoms with Crippen LogP contribution in [0.2, 0.25) is 0 Å². The Morgan fingerprint density at radius 1 is 1.37 bits per heavy atom. The highest BCUT2D eigenvalue weighted by molar-refractivity contribution is 5.52. The lowest BCUT2D eigenvalue weighted by molar-refractivity contribution is 0.503. The number of rotatable bonds is 6. The number of anilines is 3. The van der Waals surface area contributed by atoms with Crippen LogP contribution in [-0.2, 0) is 6.54 Å². The van der Waals surface area contributed by atoms with Gasteiger partial charge in [-0.25, -0.2) is 0 Å². The Morgan fingerprint density at radius 2 is 2.21 bits per heavy atom. The molecule has 2 rings (SSSR count). The summed E-state index contributed by atoms with van der Waals surface area (Å²) >= 11 is 0. The molecule has 6 heteroatoms. The van der Waals surface area contributed by atoms with E-state index in [0.29, 0.717) is 6.54 Å². The molecule has 2 aromatic rings. The Balaban J connectivity index is 2.21. The molecule has 0 aliphatic carbocycles. The summed E-state index contributed by atoms with van der Waals surface area (Å²) in [5, 5.41) is 3.15. The first-order valence-corrected chi connectivity index (χ1v) is 6.38. The Labute approximate surface area is 112 Å². The van der Waals surface area contributed by atoms with Crippen LogP contribution in [0.15, 0.2) is 28.9 Å². The lowest BCUT2D eigenvalue weighted by Crippen LogP contribution is -2.23. The summed E-state index contributed by atoms with van der Waals surface area (Å²) in [6.45, 7) is 6.33. The monoisotopic (exact) mass is 261 g/mol. The third kappa shape index (κ3) is 3.37. The van der Waals surface area contributed by atoms with Crippen molar-refractivity contribution in [1.82, 2.24) is 9.97 Å². The van der Waals surface area contributed by atoms with Crippen molar-refractivity contribution in [2.45, 2.75) is 20.4 Å². The number of nitrogens with zero attached hydrogens (tertiary/aromatic N) is 3. The zero-order chi connectivity index (χ0) is 13.7. The van der Waals surface area contributed by atoms with Gasteiger partial charge in [0.05, 0.1) is 12.8 Å². The van der Waals surface area contributed by atoms with Crippen LogP contribution in [0.4, 0.5) is 17.6 Å². The lowest BCUT2D eigenvalue weighted by Gasteiger charge is -2.21. The van der Waals surface area contributed by atoms with Gasteiger partial charge in [-0.15, -0.1) is 0 Å². The third-order valence-corrected chi connectivity index (χ3v) is 2.72. The molecule has 0 fully saturated rings. The van der Waals surface area contributed by atoms with E-state index in [-0.39, 0.29) is 5.95 Å². The normalized spacial score (nSPS) is 10.4. The van der Waals surface area contributed by atoms with E-state index in [0.717, 1.165) is 30.5 Å². The minimum absolute atomic E-state index is 0.270. The Morgan fingerprint density at radius 3 is 2.84 bits per heavy atom. The molecule has 0 saturated carbocycles. The molecule has 0 radical (unpaired) electrons. The largest absolute Gasteiger partial charge is 0.467 e. The van der Waals surface area contributed by atoms with E-state index in [1.165, 1.54) is 0 Å². The smallest absolute Gasteiger partial charge is 0.223 e. The van der Waals surface area contributed by atoms with Gasteiger partial charge in [0.2, 0.25) is 5.95 Å². The van der Waals surface area contributed by atoms with Crippen LogP contribution in [0.1, 0.15) is 19.6 Å². The molecular formula is C13H19N5O. The second-order valence-electron chi connectivity index (χ2n) is 4.09. The molecule has 2 aromatic heterocycles. The van der Waals surface area contributed by atoms with Gasteiger partial charge in [-0.1, -0.05) is 0 Å². The van der Waals surface area contributed by atoms with Gasteiger partial charge in [-0.05, 0) is 26.0 Å². The van der Waals surface area contributed by atoms with Gasteiger partial charge in [-0.2, -0.15) is 9.97 Å². The number of nitrogens with two attached hydrogens (primary N) is 1. The average Bonchev–Trinajstić information content (AvgIpc) is 2.88. The predicted octanol–water partition coefficient (Wildman–Crippen LogP) is 2.11. The van der Waals surface area contributed by atoms with E-state index in [2.05, 4.69) is 27.1 Å². The third-order valence-electron chi connectivity index (χ3n) is 2.72. The lowest BCUT2D eigenvalue weighted by atomic mass is 10.3.